The fraction of sp³-hybridized carbons (Fsp3) is 0.125. The molecule has 0 saturated carbocycles. The molecule has 0 fully saturated rings. The number of nitrogens with one attached hydrogen (secondary N) is 1. The summed E-state index contributed by atoms with van der Waals surface area (Å²) in [5.41, 5.74) is 2.63. The van der Waals surface area contributed by atoms with Gasteiger partial charge in [-0.1, -0.05) is 0 Å². The van der Waals surface area contributed by atoms with Crippen LogP contribution >= 0.6 is 0 Å². The first-order chi connectivity index (χ1) is 4.86. The van der Waals surface area contributed by atoms with Crippen molar-refractivity contribution in [2.24, 2.45) is 0 Å². The molecule has 1 aliphatic heterocycles. The zero-order valence-corrected chi connectivity index (χ0v) is 7.14. The van der Waals surface area contributed by atoms with E-state index in [1.807, 2.05) is 6.07 Å². The van der Waals surface area contributed by atoms with Gasteiger partial charge in [-0.2, -0.15) is 0 Å². The molecule has 1 nitrogen and oxygen atoms in total. The molecule has 0 spiro atoms. The summed E-state index contributed by atoms with van der Waals surface area (Å²) < 4.78 is 1.22. The fourth-order valence-electron chi connectivity index (χ4n) is 1.16. The van der Waals surface area contributed by atoms with E-state index < -0.39 is 0 Å². The number of rotatable bonds is 0. The maximum absolute atomic E-state index is 3.26. The summed E-state index contributed by atoms with van der Waals surface area (Å²) in [7, 11) is 0. The molecule has 0 atom stereocenters. The molecular weight excluding hydrogens is 189 g/mol. The maximum atomic E-state index is 3.26. The van der Waals surface area contributed by atoms with Gasteiger partial charge in [0.25, 0.3) is 0 Å². The fourth-order valence-corrected chi connectivity index (χ4v) is 1.72. The van der Waals surface area contributed by atoms with Crippen molar-refractivity contribution in [1.82, 2.24) is 0 Å². The van der Waals surface area contributed by atoms with Gasteiger partial charge in [-0.15, -0.1) is 0 Å². The van der Waals surface area contributed by atoms with Gasteiger partial charge >= 0.3 is 67.4 Å². The van der Waals surface area contributed by atoms with Crippen molar-refractivity contribution in [2.45, 2.75) is 6.42 Å². The van der Waals surface area contributed by atoms with E-state index in [-0.39, 0.29) is 0 Å². The first-order valence-corrected chi connectivity index (χ1v) is 4.10. The minimum absolute atomic E-state index is 1.04. The van der Waals surface area contributed by atoms with E-state index in [1.165, 1.54) is 15.8 Å². The van der Waals surface area contributed by atoms with Crippen LogP contribution in [0.25, 0.3) is 0 Å². The Hall–Kier alpha value is -0.591. The number of benzene rings is 1. The molecule has 1 N–H and O–H groups in total. The number of hydrogen-bond acceptors (Lipinski definition) is 1. The molecule has 0 aliphatic carbocycles. The van der Waals surface area contributed by atoms with Gasteiger partial charge in [0.15, 0.2) is 0 Å². The Bertz CT molecular complexity index is 253. The molecule has 0 unspecified atom stereocenters. The van der Waals surface area contributed by atoms with Crippen LogP contribution < -0.4 is 5.32 Å². The molecule has 0 aromatic heterocycles. The molecule has 0 saturated heterocycles. The summed E-state index contributed by atoms with van der Waals surface area (Å²) in [4.78, 5) is 0. The molecule has 50 valence electrons. The quantitative estimate of drug-likeness (QED) is 0.609. The Morgan fingerprint density at radius 3 is 2.90 bits per heavy atom. The monoisotopic (exact) mass is 197 g/mol. The van der Waals surface area contributed by atoms with E-state index in [0.717, 1.165) is 6.42 Å². The molecular formula is C8H7NSe. The Balaban J connectivity index is 2.51. The van der Waals surface area contributed by atoms with Crippen LogP contribution in [0.4, 0.5) is 5.69 Å². The van der Waals surface area contributed by atoms with E-state index in [0.29, 0.717) is 0 Å². The van der Waals surface area contributed by atoms with Crippen molar-refractivity contribution in [3.63, 3.8) is 0 Å². The van der Waals surface area contributed by atoms with Crippen molar-refractivity contribution in [2.75, 3.05) is 5.32 Å². The van der Waals surface area contributed by atoms with Crippen LogP contribution in [-0.2, 0) is 6.42 Å². The van der Waals surface area contributed by atoms with Crippen molar-refractivity contribution < 1.29 is 0 Å². The Morgan fingerprint density at radius 2 is 2.10 bits per heavy atom. The van der Waals surface area contributed by atoms with Gasteiger partial charge < -0.3 is 0 Å². The summed E-state index contributed by atoms with van der Waals surface area (Å²) >= 11 is 2.99. The standard InChI is InChI=1S/C8H7NSe/c10-8-5-6-3-1-2-4-7(6)9-8/h1-4H,5H2,(H,9,10). The Morgan fingerprint density at radius 1 is 1.30 bits per heavy atom. The summed E-state index contributed by atoms with van der Waals surface area (Å²) in [6, 6.07) is 8.36. The van der Waals surface area contributed by atoms with Crippen LogP contribution in [0.2, 0.25) is 0 Å². The Kier molecular flexibility index (Phi) is 1.37. The molecule has 2 rings (SSSR count). The van der Waals surface area contributed by atoms with Crippen molar-refractivity contribution in [3.05, 3.63) is 29.8 Å². The van der Waals surface area contributed by atoms with Crippen LogP contribution in [0.1, 0.15) is 5.56 Å². The van der Waals surface area contributed by atoms with Crippen LogP contribution in [-0.4, -0.2) is 20.1 Å². The van der Waals surface area contributed by atoms with Gasteiger partial charge in [0.05, 0.1) is 0 Å². The summed E-state index contributed by atoms with van der Waals surface area (Å²) in [6.45, 7) is 0. The van der Waals surface area contributed by atoms with E-state index in [9.17, 15) is 0 Å². The average Bonchev–Trinajstić information content (AvgIpc) is 2.27. The van der Waals surface area contributed by atoms with E-state index in [2.05, 4.69) is 39.1 Å². The first-order valence-electron chi connectivity index (χ1n) is 3.24. The third kappa shape index (κ3) is 0.898. The van der Waals surface area contributed by atoms with Crippen LogP contribution in [0.3, 0.4) is 0 Å². The molecule has 1 heterocycles. The topological polar surface area (TPSA) is 12.0 Å². The van der Waals surface area contributed by atoms with Gasteiger partial charge in [-0.05, 0) is 0 Å². The SMILES string of the molecule is [Se]=C1Cc2ccccc2N1. The molecule has 1 aromatic rings. The third-order valence-electron chi connectivity index (χ3n) is 1.64. The van der Waals surface area contributed by atoms with Crippen LogP contribution in [0.15, 0.2) is 24.3 Å². The van der Waals surface area contributed by atoms with E-state index in [1.54, 1.807) is 0 Å². The number of hydrogen-bond donors (Lipinski definition) is 1. The summed E-state index contributed by atoms with van der Waals surface area (Å²) in [5, 5.41) is 3.26. The van der Waals surface area contributed by atoms with Gasteiger partial charge in [0.2, 0.25) is 0 Å². The average molecular weight is 196 g/mol. The predicted molar refractivity (Wildman–Crippen MR) is 44.5 cm³/mol. The molecule has 2 heteroatoms. The van der Waals surface area contributed by atoms with Crippen molar-refractivity contribution in [3.8, 4) is 0 Å². The molecule has 0 bridgehead atoms. The Labute approximate surface area is 67.8 Å². The van der Waals surface area contributed by atoms with E-state index in [4.69, 9.17) is 0 Å². The predicted octanol–water partition coefficient (Wildman–Crippen LogP) is 0.953. The zero-order valence-electron chi connectivity index (χ0n) is 5.42. The number of fused-ring (bicyclic) bond motifs is 1. The van der Waals surface area contributed by atoms with E-state index >= 15 is 0 Å². The molecule has 10 heavy (non-hydrogen) atoms. The van der Waals surface area contributed by atoms with Crippen molar-refractivity contribution in [1.29, 1.82) is 0 Å². The second-order valence-electron chi connectivity index (χ2n) is 2.38. The van der Waals surface area contributed by atoms with Gasteiger partial charge in [0.1, 0.15) is 0 Å². The van der Waals surface area contributed by atoms with Gasteiger partial charge in [-0.25, -0.2) is 0 Å². The number of anilines is 1. The normalized spacial score (nSPS) is 14.6. The van der Waals surface area contributed by atoms with Gasteiger partial charge in [0, 0.05) is 0 Å². The summed E-state index contributed by atoms with van der Waals surface area (Å²) in [6.07, 6.45) is 1.04. The van der Waals surface area contributed by atoms with Crippen molar-refractivity contribution >= 4 is 25.8 Å². The zero-order chi connectivity index (χ0) is 6.97. The summed E-state index contributed by atoms with van der Waals surface area (Å²) in [5.74, 6) is 0. The molecule has 1 aliphatic rings. The molecule has 1 aromatic carbocycles. The second-order valence-corrected chi connectivity index (χ2v) is 3.42. The van der Waals surface area contributed by atoms with Crippen LogP contribution in [0, 0.1) is 0 Å². The molecule has 0 amide bonds. The number of para-hydroxylation sites is 1. The van der Waals surface area contributed by atoms with Crippen LogP contribution in [0.5, 0.6) is 0 Å². The minimum atomic E-state index is 1.04. The third-order valence-corrected chi connectivity index (χ3v) is 2.16. The van der Waals surface area contributed by atoms with Gasteiger partial charge in [-0.3, -0.25) is 0 Å². The second kappa shape index (κ2) is 2.22. The first kappa shape index (κ1) is 6.14. The molecule has 0 radical (unpaired) electrons.